The van der Waals surface area contributed by atoms with Crippen LogP contribution in [0.25, 0.3) is 0 Å². The van der Waals surface area contributed by atoms with Crippen LogP contribution in [0.2, 0.25) is 0 Å². The van der Waals surface area contributed by atoms with Gasteiger partial charge in [-0.25, -0.2) is 4.79 Å². The Morgan fingerprint density at radius 2 is 2.12 bits per heavy atom. The summed E-state index contributed by atoms with van der Waals surface area (Å²) in [5.41, 5.74) is 6.44. The summed E-state index contributed by atoms with van der Waals surface area (Å²) in [7, 11) is 0. The number of nitrogens with zero attached hydrogens (tertiary/aromatic N) is 1. The molecule has 2 aromatic rings. The SMILES string of the molecule is CCOc1ccccc1[C@@H]1C(C#N)=C(N)Oc2cc(C)oc(=O)c21. The average Bonchev–Trinajstić information content (AvgIpc) is 2.54. The van der Waals surface area contributed by atoms with Crippen molar-refractivity contribution >= 4 is 0 Å². The molecule has 0 radical (unpaired) electrons. The van der Waals surface area contributed by atoms with Crippen molar-refractivity contribution in [2.75, 3.05) is 6.61 Å². The first-order valence-electron chi connectivity index (χ1n) is 7.50. The zero-order valence-electron chi connectivity index (χ0n) is 13.3. The summed E-state index contributed by atoms with van der Waals surface area (Å²) in [6, 6.07) is 10.9. The number of nitrogens with two attached hydrogens (primary N) is 1. The van der Waals surface area contributed by atoms with E-state index in [1.807, 2.05) is 25.1 Å². The maximum Gasteiger partial charge on any atom is 0.343 e. The molecule has 0 bridgehead atoms. The van der Waals surface area contributed by atoms with Gasteiger partial charge in [-0.15, -0.1) is 0 Å². The van der Waals surface area contributed by atoms with Crippen LogP contribution < -0.4 is 20.8 Å². The number of hydrogen-bond donors (Lipinski definition) is 1. The van der Waals surface area contributed by atoms with Crippen LogP contribution in [0.3, 0.4) is 0 Å². The second-order valence-electron chi connectivity index (χ2n) is 5.32. The summed E-state index contributed by atoms with van der Waals surface area (Å²) in [6.45, 7) is 3.96. The predicted octanol–water partition coefficient (Wildman–Crippen LogP) is 2.57. The first kappa shape index (κ1) is 15.7. The van der Waals surface area contributed by atoms with E-state index in [4.69, 9.17) is 19.6 Å². The molecule has 0 unspecified atom stereocenters. The first-order chi connectivity index (χ1) is 11.6. The van der Waals surface area contributed by atoms with Gasteiger partial charge in [0.25, 0.3) is 0 Å². The molecule has 6 heteroatoms. The minimum atomic E-state index is -0.696. The molecule has 0 saturated carbocycles. The van der Waals surface area contributed by atoms with Gasteiger partial charge in [-0.3, -0.25) is 0 Å². The fourth-order valence-corrected chi connectivity index (χ4v) is 2.83. The van der Waals surface area contributed by atoms with Crippen molar-refractivity contribution in [2.24, 2.45) is 5.73 Å². The number of allylic oxidation sites excluding steroid dienone is 1. The molecular weight excluding hydrogens is 308 g/mol. The first-order valence-corrected chi connectivity index (χ1v) is 7.50. The Balaban J connectivity index is 2.31. The van der Waals surface area contributed by atoms with E-state index < -0.39 is 11.5 Å². The van der Waals surface area contributed by atoms with E-state index in [-0.39, 0.29) is 17.0 Å². The van der Waals surface area contributed by atoms with Crippen LogP contribution in [0, 0.1) is 18.3 Å². The van der Waals surface area contributed by atoms with Crippen LogP contribution in [0.5, 0.6) is 11.5 Å². The normalized spacial score (nSPS) is 16.1. The smallest absolute Gasteiger partial charge is 0.343 e. The second kappa shape index (κ2) is 6.13. The third kappa shape index (κ3) is 2.50. The molecule has 6 nitrogen and oxygen atoms in total. The van der Waals surface area contributed by atoms with Crippen LogP contribution in [-0.2, 0) is 0 Å². The summed E-state index contributed by atoms with van der Waals surface area (Å²) >= 11 is 0. The Morgan fingerprint density at radius 1 is 1.38 bits per heavy atom. The van der Waals surface area contributed by atoms with Gasteiger partial charge in [-0.05, 0) is 19.9 Å². The zero-order chi connectivity index (χ0) is 17.3. The van der Waals surface area contributed by atoms with Crippen LogP contribution in [-0.4, -0.2) is 6.61 Å². The molecular formula is C18H16N2O4. The van der Waals surface area contributed by atoms with Gasteiger partial charge in [-0.2, -0.15) is 5.26 Å². The van der Waals surface area contributed by atoms with Crippen molar-refractivity contribution in [3.05, 3.63) is 69.1 Å². The summed E-state index contributed by atoms with van der Waals surface area (Å²) in [6.07, 6.45) is 0. The van der Waals surface area contributed by atoms with Crippen molar-refractivity contribution < 1.29 is 13.9 Å². The number of nitriles is 1. The molecule has 1 aliphatic heterocycles. The van der Waals surface area contributed by atoms with E-state index in [1.54, 1.807) is 25.1 Å². The van der Waals surface area contributed by atoms with E-state index in [9.17, 15) is 10.1 Å². The Labute approximate surface area is 138 Å². The fraction of sp³-hybridized carbons (Fsp3) is 0.222. The molecule has 122 valence electrons. The van der Waals surface area contributed by atoms with Gasteiger partial charge in [-0.1, -0.05) is 18.2 Å². The Morgan fingerprint density at radius 3 is 2.83 bits per heavy atom. The molecule has 1 aliphatic rings. The van der Waals surface area contributed by atoms with E-state index in [2.05, 4.69) is 0 Å². The lowest BCUT2D eigenvalue weighted by Gasteiger charge is -2.26. The summed E-state index contributed by atoms with van der Waals surface area (Å²) in [5.74, 6) is 0.573. The quantitative estimate of drug-likeness (QED) is 0.931. The maximum atomic E-state index is 12.4. The largest absolute Gasteiger partial charge is 0.494 e. The van der Waals surface area contributed by atoms with Gasteiger partial charge in [0.1, 0.15) is 28.9 Å². The minimum Gasteiger partial charge on any atom is -0.494 e. The molecule has 0 fully saturated rings. The van der Waals surface area contributed by atoms with E-state index >= 15 is 0 Å². The average molecular weight is 324 g/mol. The van der Waals surface area contributed by atoms with E-state index in [0.717, 1.165) is 0 Å². The summed E-state index contributed by atoms with van der Waals surface area (Å²) < 4.78 is 16.3. The van der Waals surface area contributed by atoms with Gasteiger partial charge in [0.2, 0.25) is 5.88 Å². The highest BCUT2D eigenvalue weighted by Crippen LogP contribution is 2.43. The molecule has 2 heterocycles. The highest BCUT2D eigenvalue weighted by molar-refractivity contribution is 5.57. The van der Waals surface area contributed by atoms with Crippen molar-refractivity contribution in [1.82, 2.24) is 0 Å². The van der Waals surface area contributed by atoms with Gasteiger partial charge < -0.3 is 19.6 Å². The summed E-state index contributed by atoms with van der Waals surface area (Å²) in [5, 5.41) is 9.54. The molecule has 0 aliphatic carbocycles. The molecule has 2 N–H and O–H groups in total. The van der Waals surface area contributed by atoms with E-state index in [0.29, 0.717) is 29.4 Å². The molecule has 24 heavy (non-hydrogen) atoms. The highest BCUT2D eigenvalue weighted by Gasteiger charge is 2.35. The lowest BCUT2D eigenvalue weighted by Crippen LogP contribution is -2.26. The molecule has 1 atom stereocenters. The Bertz CT molecular complexity index is 921. The minimum absolute atomic E-state index is 0.0219. The highest BCUT2D eigenvalue weighted by atomic mass is 16.5. The van der Waals surface area contributed by atoms with Crippen LogP contribution in [0.1, 0.15) is 29.7 Å². The molecule has 0 saturated heterocycles. The topological polar surface area (TPSA) is 98.5 Å². The van der Waals surface area contributed by atoms with Crippen LogP contribution in [0.15, 0.2) is 51.0 Å². The van der Waals surface area contributed by atoms with Gasteiger partial charge in [0.05, 0.1) is 18.1 Å². The van der Waals surface area contributed by atoms with Crippen LogP contribution in [0.4, 0.5) is 0 Å². The molecule has 3 rings (SSSR count). The maximum absolute atomic E-state index is 12.4. The Kier molecular flexibility index (Phi) is 4.00. The number of hydrogen-bond acceptors (Lipinski definition) is 6. The number of para-hydroxylation sites is 1. The summed E-state index contributed by atoms with van der Waals surface area (Å²) in [4.78, 5) is 12.4. The van der Waals surface area contributed by atoms with Gasteiger partial charge in [0, 0.05) is 11.6 Å². The lowest BCUT2D eigenvalue weighted by molar-refractivity contribution is 0.333. The number of rotatable bonds is 3. The van der Waals surface area contributed by atoms with E-state index in [1.165, 1.54) is 0 Å². The van der Waals surface area contributed by atoms with Crippen molar-refractivity contribution in [2.45, 2.75) is 19.8 Å². The monoisotopic (exact) mass is 324 g/mol. The van der Waals surface area contributed by atoms with Gasteiger partial charge >= 0.3 is 5.63 Å². The molecule has 1 aromatic carbocycles. The molecule has 0 amide bonds. The second-order valence-corrected chi connectivity index (χ2v) is 5.32. The van der Waals surface area contributed by atoms with Crippen molar-refractivity contribution in [1.29, 1.82) is 5.26 Å². The standard InChI is InChI=1S/C18H16N2O4/c1-3-22-13-7-5-4-6-11(13)15-12(9-19)17(20)24-14-8-10(2)23-18(21)16(14)15/h4-8,15H,3,20H2,1-2H3/t15-/m1/s1. The molecule has 0 spiro atoms. The Hall–Kier alpha value is -3.20. The third-order valence-corrected chi connectivity index (χ3v) is 3.79. The number of benzene rings is 1. The lowest BCUT2D eigenvalue weighted by atomic mass is 9.84. The number of ether oxygens (including phenoxy) is 2. The molecule has 1 aromatic heterocycles. The fourth-order valence-electron chi connectivity index (χ4n) is 2.83. The van der Waals surface area contributed by atoms with Crippen molar-refractivity contribution in [3.63, 3.8) is 0 Å². The number of aryl methyl sites for hydroxylation is 1. The third-order valence-electron chi connectivity index (χ3n) is 3.79. The zero-order valence-corrected chi connectivity index (χ0v) is 13.3. The number of fused-ring (bicyclic) bond motifs is 1. The van der Waals surface area contributed by atoms with Crippen molar-refractivity contribution in [3.8, 4) is 17.6 Å². The van der Waals surface area contributed by atoms with Crippen LogP contribution >= 0.6 is 0 Å². The van der Waals surface area contributed by atoms with Gasteiger partial charge in [0.15, 0.2) is 0 Å². The predicted molar refractivity (Wildman–Crippen MR) is 86.6 cm³/mol.